The normalized spacial score (nSPS) is 11.2. The van der Waals surface area contributed by atoms with Gasteiger partial charge in [-0.05, 0) is 25.1 Å². The Labute approximate surface area is 118 Å². The maximum absolute atomic E-state index is 12.2. The molecule has 0 spiro atoms. The van der Waals surface area contributed by atoms with Gasteiger partial charge in [-0.2, -0.15) is 0 Å². The Morgan fingerprint density at radius 2 is 2.10 bits per heavy atom. The smallest absolute Gasteiger partial charge is 0.242 e. The number of sulfonamides is 1. The molecule has 0 aliphatic rings. The molecule has 0 bridgehead atoms. The van der Waals surface area contributed by atoms with E-state index in [9.17, 15) is 8.42 Å². The van der Waals surface area contributed by atoms with Crippen LogP contribution in [0.2, 0.25) is 0 Å². The summed E-state index contributed by atoms with van der Waals surface area (Å²) in [5.41, 5.74) is 1.33. The van der Waals surface area contributed by atoms with E-state index in [1.165, 1.54) is 6.20 Å². The van der Waals surface area contributed by atoms with Crippen LogP contribution in [0.15, 0.2) is 47.8 Å². The minimum Gasteiger partial charge on any atom is -0.384 e. The van der Waals surface area contributed by atoms with Crippen molar-refractivity contribution in [2.75, 3.05) is 11.9 Å². The number of anilines is 1. The van der Waals surface area contributed by atoms with Crippen LogP contribution in [0.5, 0.6) is 0 Å². The van der Waals surface area contributed by atoms with Gasteiger partial charge >= 0.3 is 0 Å². The zero-order valence-electron chi connectivity index (χ0n) is 11.1. The third-order valence-corrected chi connectivity index (χ3v) is 3.94. The standard InChI is InChI=1S/C13H16N4O2S/c1-2-15-12-7-13(10-14-8-12)20(18,19)17-9-11-5-3-4-6-16-11/h3-8,10,15,17H,2,9H2,1H3. The highest BCUT2D eigenvalue weighted by Gasteiger charge is 2.14. The Morgan fingerprint density at radius 1 is 1.25 bits per heavy atom. The lowest BCUT2D eigenvalue weighted by atomic mass is 10.4. The molecular formula is C13H16N4O2S. The molecule has 0 amide bonds. The molecule has 0 saturated carbocycles. The van der Waals surface area contributed by atoms with Crippen molar-refractivity contribution in [3.63, 3.8) is 0 Å². The van der Waals surface area contributed by atoms with E-state index in [1.807, 2.05) is 13.0 Å². The third kappa shape index (κ3) is 3.75. The second-order valence-corrected chi connectivity index (χ2v) is 5.85. The second kappa shape index (κ2) is 6.44. The van der Waals surface area contributed by atoms with Gasteiger partial charge in [-0.15, -0.1) is 0 Å². The van der Waals surface area contributed by atoms with E-state index in [1.54, 1.807) is 30.6 Å². The van der Waals surface area contributed by atoms with Crippen molar-refractivity contribution in [1.82, 2.24) is 14.7 Å². The Kier molecular flexibility index (Phi) is 4.65. The SMILES string of the molecule is CCNc1cncc(S(=O)(=O)NCc2ccccn2)c1. The summed E-state index contributed by atoms with van der Waals surface area (Å²) in [5, 5.41) is 3.03. The Hall–Kier alpha value is -1.99. The summed E-state index contributed by atoms with van der Waals surface area (Å²) in [5.74, 6) is 0. The van der Waals surface area contributed by atoms with Gasteiger partial charge in [0.05, 0.1) is 24.1 Å². The van der Waals surface area contributed by atoms with Crippen LogP contribution in [0.3, 0.4) is 0 Å². The minimum absolute atomic E-state index is 0.131. The van der Waals surface area contributed by atoms with Gasteiger partial charge in [0.1, 0.15) is 4.90 Å². The number of nitrogens with zero attached hydrogens (tertiary/aromatic N) is 2. The zero-order valence-corrected chi connectivity index (χ0v) is 11.9. The molecule has 2 heterocycles. The van der Waals surface area contributed by atoms with Gasteiger partial charge in [-0.3, -0.25) is 9.97 Å². The molecule has 0 aliphatic carbocycles. The monoisotopic (exact) mass is 292 g/mol. The summed E-state index contributed by atoms with van der Waals surface area (Å²) in [4.78, 5) is 8.13. The van der Waals surface area contributed by atoms with Crippen molar-refractivity contribution in [2.24, 2.45) is 0 Å². The summed E-state index contributed by atoms with van der Waals surface area (Å²) < 4.78 is 26.8. The first-order valence-electron chi connectivity index (χ1n) is 6.20. The molecule has 0 saturated heterocycles. The third-order valence-electron chi connectivity index (χ3n) is 2.57. The van der Waals surface area contributed by atoms with Crippen molar-refractivity contribution in [2.45, 2.75) is 18.4 Å². The summed E-state index contributed by atoms with van der Waals surface area (Å²) in [6.45, 7) is 2.78. The van der Waals surface area contributed by atoms with Gasteiger partial charge < -0.3 is 5.32 Å². The second-order valence-electron chi connectivity index (χ2n) is 4.09. The van der Waals surface area contributed by atoms with Crippen molar-refractivity contribution >= 4 is 15.7 Å². The van der Waals surface area contributed by atoms with Crippen LogP contribution in [0.25, 0.3) is 0 Å². The lowest BCUT2D eigenvalue weighted by Crippen LogP contribution is -2.24. The lowest BCUT2D eigenvalue weighted by Gasteiger charge is -2.08. The lowest BCUT2D eigenvalue weighted by molar-refractivity contribution is 0.580. The molecule has 6 nitrogen and oxygen atoms in total. The quantitative estimate of drug-likeness (QED) is 0.840. The van der Waals surface area contributed by atoms with Crippen LogP contribution in [0.1, 0.15) is 12.6 Å². The molecule has 20 heavy (non-hydrogen) atoms. The summed E-state index contributed by atoms with van der Waals surface area (Å²) in [6.07, 6.45) is 4.53. The van der Waals surface area contributed by atoms with Crippen LogP contribution >= 0.6 is 0 Å². The van der Waals surface area contributed by atoms with Crippen LogP contribution in [0.4, 0.5) is 5.69 Å². The van der Waals surface area contributed by atoms with Crippen LogP contribution in [0, 0.1) is 0 Å². The predicted molar refractivity (Wildman–Crippen MR) is 76.7 cm³/mol. The van der Waals surface area contributed by atoms with Crippen LogP contribution < -0.4 is 10.0 Å². The molecule has 106 valence electrons. The zero-order chi connectivity index (χ0) is 14.4. The van der Waals surface area contributed by atoms with E-state index >= 15 is 0 Å². The molecule has 2 N–H and O–H groups in total. The van der Waals surface area contributed by atoms with Gasteiger partial charge in [-0.25, -0.2) is 13.1 Å². The van der Waals surface area contributed by atoms with Crippen molar-refractivity contribution < 1.29 is 8.42 Å². The van der Waals surface area contributed by atoms with E-state index in [4.69, 9.17) is 0 Å². The van der Waals surface area contributed by atoms with Crippen molar-refractivity contribution in [3.8, 4) is 0 Å². The summed E-state index contributed by atoms with van der Waals surface area (Å²) in [6, 6.07) is 6.90. The van der Waals surface area contributed by atoms with E-state index in [-0.39, 0.29) is 11.4 Å². The number of hydrogen-bond donors (Lipinski definition) is 2. The minimum atomic E-state index is -3.59. The molecule has 0 radical (unpaired) electrons. The molecule has 0 aromatic carbocycles. The highest BCUT2D eigenvalue weighted by atomic mass is 32.2. The van der Waals surface area contributed by atoms with Gasteiger partial charge in [0.25, 0.3) is 0 Å². The van der Waals surface area contributed by atoms with Crippen LogP contribution in [-0.2, 0) is 16.6 Å². The number of aromatic nitrogens is 2. The van der Waals surface area contributed by atoms with E-state index in [0.29, 0.717) is 17.9 Å². The summed E-state index contributed by atoms with van der Waals surface area (Å²) in [7, 11) is -3.59. The first kappa shape index (κ1) is 14.4. The number of rotatable bonds is 6. The van der Waals surface area contributed by atoms with Crippen molar-refractivity contribution in [1.29, 1.82) is 0 Å². The average Bonchev–Trinajstić information content (AvgIpc) is 2.47. The fourth-order valence-corrected chi connectivity index (χ4v) is 2.61. The molecule has 2 rings (SSSR count). The maximum Gasteiger partial charge on any atom is 0.242 e. The number of pyridine rings is 2. The Morgan fingerprint density at radius 3 is 2.80 bits per heavy atom. The molecule has 0 aliphatic heterocycles. The summed E-state index contributed by atoms with van der Waals surface area (Å²) >= 11 is 0. The van der Waals surface area contributed by atoms with Gasteiger partial charge in [0, 0.05) is 18.9 Å². The van der Waals surface area contributed by atoms with Crippen LogP contribution in [-0.4, -0.2) is 24.9 Å². The first-order chi connectivity index (χ1) is 9.62. The molecule has 2 aromatic heterocycles. The number of hydrogen-bond acceptors (Lipinski definition) is 5. The highest BCUT2D eigenvalue weighted by molar-refractivity contribution is 7.89. The van der Waals surface area contributed by atoms with Crippen molar-refractivity contribution in [3.05, 3.63) is 48.5 Å². The Balaban J connectivity index is 2.12. The number of nitrogens with one attached hydrogen (secondary N) is 2. The molecule has 0 unspecified atom stereocenters. The fourth-order valence-electron chi connectivity index (χ4n) is 1.62. The maximum atomic E-state index is 12.2. The van der Waals surface area contributed by atoms with Gasteiger partial charge in [-0.1, -0.05) is 6.07 Å². The fraction of sp³-hybridized carbons (Fsp3) is 0.231. The van der Waals surface area contributed by atoms with E-state index in [0.717, 1.165) is 0 Å². The first-order valence-corrected chi connectivity index (χ1v) is 7.68. The Bertz CT molecular complexity index is 659. The topological polar surface area (TPSA) is 84.0 Å². The highest BCUT2D eigenvalue weighted by Crippen LogP contribution is 2.13. The molecule has 0 atom stereocenters. The van der Waals surface area contributed by atoms with E-state index < -0.39 is 10.0 Å². The predicted octanol–water partition coefficient (Wildman–Crippen LogP) is 1.39. The average molecular weight is 292 g/mol. The van der Waals surface area contributed by atoms with Gasteiger partial charge in [0.2, 0.25) is 10.0 Å². The van der Waals surface area contributed by atoms with Gasteiger partial charge in [0.15, 0.2) is 0 Å². The largest absolute Gasteiger partial charge is 0.384 e. The molecule has 0 fully saturated rings. The molecule has 2 aromatic rings. The molecular weight excluding hydrogens is 276 g/mol. The van der Waals surface area contributed by atoms with E-state index in [2.05, 4.69) is 20.0 Å². The molecule has 7 heteroatoms.